The molecule has 0 N–H and O–H groups in total. The van der Waals surface area contributed by atoms with Gasteiger partial charge >= 0.3 is 0 Å². The summed E-state index contributed by atoms with van der Waals surface area (Å²) in [6.45, 7) is 8.76. The second-order valence-corrected chi connectivity index (χ2v) is 9.21. The van der Waals surface area contributed by atoms with E-state index in [4.69, 9.17) is 8.83 Å². The van der Waals surface area contributed by atoms with Crippen molar-refractivity contribution in [3.05, 3.63) is 47.9 Å². The third-order valence-corrected chi connectivity index (χ3v) is 7.19. The summed E-state index contributed by atoms with van der Waals surface area (Å²) in [5, 5.41) is 1.93. The molecule has 1 aliphatic heterocycles. The number of benzene rings is 1. The molecule has 144 valence electrons. The van der Waals surface area contributed by atoms with Crippen molar-refractivity contribution in [2.75, 3.05) is 21.1 Å². The van der Waals surface area contributed by atoms with Crippen molar-refractivity contribution >= 4 is 38.9 Å². The predicted octanol–water partition coefficient (Wildman–Crippen LogP) is 5.58. The van der Waals surface area contributed by atoms with Gasteiger partial charge in [-0.1, -0.05) is 0 Å². The molecular weight excluding hydrogens is 350 g/mol. The second kappa shape index (κ2) is 5.04. The first-order chi connectivity index (χ1) is 13.0. The van der Waals surface area contributed by atoms with Crippen LogP contribution in [0.15, 0.2) is 45.5 Å². The third-order valence-electron chi connectivity index (χ3n) is 7.19. The number of pyridine rings is 1. The number of nitrogens with zero attached hydrogens (tertiary/aromatic N) is 3. The lowest BCUT2D eigenvalue weighted by Gasteiger charge is -2.45. The van der Waals surface area contributed by atoms with E-state index in [9.17, 15) is 0 Å². The van der Waals surface area contributed by atoms with Crippen molar-refractivity contribution in [3.8, 4) is 0 Å². The summed E-state index contributed by atoms with van der Waals surface area (Å²) in [5.74, 6) is 0. The normalized spacial score (nSPS) is 23.4. The maximum Gasteiger partial charge on any atom is 0.232 e. The lowest BCUT2D eigenvalue weighted by atomic mass is 10.0. The van der Waals surface area contributed by atoms with Crippen LogP contribution < -0.4 is 4.48 Å². The number of rotatable bonds is 1. The number of aromatic nitrogens is 1. The van der Waals surface area contributed by atoms with Crippen LogP contribution in [-0.2, 0) is 0 Å². The molecule has 5 nitrogen and oxygen atoms in total. The van der Waals surface area contributed by atoms with Gasteiger partial charge in [0, 0.05) is 31.2 Å². The molecule has 3 aromatic heterocycles. The van der Waals surface area contributed by atoms with E-state index in [-0.39, 0.29) is 5.66 Å². The van der Waals surface area contributed by atoms with Crippen molar-refractivity contribution in [1.29, 1.82) is 0 Å². The zero-order valence-electron chi connectivity index (χ0n) is 17.6. The largest absolute Gasteiger partial charge is 0.452 e. The number of furan rings is 2. The summed E-state index contributed by atoms with van der Waals surface area (Å²) in [4.78, 5) is 4.50. The fraction of sp³-hybridized carbons (Fsp3) is 0.348. The van der Waals surface area contributed by atoms with E-state index in [1.165, 1.54) is 11.3 Å². The molecule has 4 aromatic rings. The monoisotopic (exact) mass is 377 g/mol. The molecule has 1 aromatic carbocycles. The Morgan fingerprint density at radius 3 is 2.29 bits per heavy atom. The highest BCUT2D eigenvalue weighted by molar-refractivity contribution is 6.12. The van der Waals surface area contributed by atoms with E-state index in [1.54, 1.807) is 0 Å². The average Bonchev–Trinajstić information content (AvgIpc) is 3.18. The topological polar surface area (TPSA) is 39.2 Å². The highest BCUT2D eigenvalue weighted by atomic mass is 16.4. The molecule has 28 heavy (non-hydrogen) atoms. The van der Waals surface area contributed by atoms with E-state index >= 15 is 0 Å². The van der Waals surface area contributed by atoms with Crippen LogP contribution in [0.1, 0.15) is 25.1 Å². The van der Waals surface area contributed by atoms with Crippen LogP contribution in [0.25, 0.3) is 33.2 Å². The van der Waals surface area contributed by atoms with Gasteiger partial charge in [0.15, 0.2) is 23.6 Å². The molecule has 0 bridgehead atoms. The number of hydrogen-bond acceptors (Lipinski definition) is 3. The summed E-state index contributed by atoms with van der Waals surface area (Å²) >= 11 is 0. The standard InChI is InChI=1S/C23H27N3O2/c1-14-12-17-19(13-18(14)26(7)11-10-25(5,6)23(26,3)4)27-20-16-9-8-15(2)24-22(16)28-21(17)20/h8-13H,1-7H3/q+2. The summed E-state index contributed by atoms with van der Waals surface area (Å²) < 4.78 is 13.9. The first kappa shape index (κ1) is 17.5. The molecule has 5 heteroatoms. The van der Waals surface area contributed by atoms with Crippen molar-refractivity contribution in [2.45, 2.75) is 33.4 Å². The molecule has 4 heterocycles. The van der Waals surface area contributed by atoms with Gasteiger partial charge in [-0.2, -0.15) is 0 Å². The van der Waals surface area contributed by atoms with Crippen molar-refractivity contribution < 1.29 is 13.3 Å². The van der Waals surface area contributed by atoms with Crippen LogP contribution in [0.2, 0.25) is 0 Å². The molecule has 1 aliphatic rings. The van der Waals surface area contributed by atoms with Gasteiger partial charge in [-0.05, 0) is 32.0 Å². The third kappa shape index (κ3) is 1.95. The quantitative estimate of drug-likeness (QED) is 0.407. The van der Waals surface area contributed by atoms with Gasteiger partial charge < -0.3 is 8.83 Å². The minimum absolute atomic E-state index is 0.0433. The molecule has 0 aliphatic carbocycles. The van der Waals surface area contributed by atoms with E-state index < -0.39 is 0 Å². The number of hydrogen-bond donors (Lipinski definition) is 0. The average molecular weight is 377 g/mol. The van der Waals surface area contributed by atoms with Gasteiger partial charge in [-0.3, -0.25) is 0 Å². The zero-order valence-corrected chi connectivity index (χ0v) is 17.6. The predicted molar refractivity (Wildman–Crippen MR) is 114 cm³/mol. The van der Waals surface area contributed by atoms with Crippen LogP contribution in [0, 0.1) is 13.8 Å². The number of aryl methyl sites for hydroxylation is 2. The Labute approximate surface area is 164 Å². The van der Waals surface area contributed by atoms with Crippen LogP contribution in [0.5, 0.6) is 0 Å². The number of quaternary nitrogens is 2. The summed E-state index contributed by atoms with van der Waals surface area (Å²) in [6.07, 6.45) is 4.57. The molecular formula is C23H27N3O2+2. The SMILES string of the molecule is Cc1ccc2c(n1)oc1c3cc(C)c([N+]4(C)C=C[N+](C)(C)C4(C)C)cc3oc21. The first-order valence-corrected chi connectivity index (χ1v) is 9.69. The zero-order chi connectivity index (χ0) is 20.1. The Morgan fingerprint density at radius 1 is 0.893 bits per heavy atom. The Morgan fingerprint density at radius 2 is 1.61 bits per heavy atom. The Balaban J connectivity index is 1.78. The minimum atomic E-state index is -0.0433. The van der Waals surface area contributed by atoms with Crippen LogP contribution >= 0.6 is 0 Å². The first-order valence-electron chi connectivity index (χ1n) is 9.69. The van der Waals surface area contributed by atoms with Gasteiger partial charge in [-0.25, -0.2) is 14.0 Å². The Kier molecular flexibility index (Phi) is 3.15. The maximum absolute atomic E-state index is 6.29. The lowest BCUT2D eigenvalue weighted by Crippen LogP contribution is -2.66. The van der Waals surface area contributed by atoms with Gasteiger partial charge in [-0.15, -0.1) is 0 Å². The molecule has 0 radical (unpaired) electrons. The van der Waals surface area contributed by atoms with E-state index in [1.807, 2.05) is 19.1 Å². The Bertz CT molecular complexity index is 1310. The van der Waals surface area contributed by atoms with E-state index in [0.717, 1.165) is 37.7 Å². The van der Waals surface area contributed by atoms with Crippen molar-refractivity contribution in [2.24, 2.45) is 0 Å². The highest BCUT2D eigenvalue weighted by Crippen LogP contribution is 2.46. The minimum Gasteiger partial charge on any atom is -0.452 e. The van der Waals surface area contributed by atoms with Crippen LogP contribution in [0.3, 0.4) is 0 Å². The van der Waals surface area contributed by atoms with Crippen LogP contribution in [0.4, 0.5) is 5.69 Å². The molecule has 0 saturated carbocycles. The summed E-state index contributed by atoms with van der Waals surface area (Å²) in [7, 11) is 6.76. The smallest absolute Gasteiger partial charge is 0.232 e. The van der Waals surface area contributed by atoms with Crippen molar-refractivity contribution in [1.82, 2.24) is 9.47 Å². The molecule has 0 spiro atoms. The fourth-order valence-electron chi connectivity index (χ4n) is 4.45. The van der Waals surface area contributed by atoms with Crippen molar-refractivity contribution in [3.63, 3.8) is 0 Å². The molecule has 1 atom stereocenters. The van der Waals surface area contributed by atoms with Gasteiger partial charge in [0.25, 0.3) is 0 Å². The van der Waals surface area contributed by atoms with Crippen LogP contribution in [-0.4, -0.2) is 36.3 Å². The fourth-order valence-corrected chi connectivity index (χ4v) is 4.45. The van der Waals surface area contributed by atoms with E-state index in [2.05, 4.69) is 71.4 Å². The molecule has 0 fully saturated rings. The molecule has 0 saturated heterocycles. The maximum atomic E-state index is 6.29. The van der Waals surface area contributed by atoms with Gasteiger partial charge in [0.1, 0.15) is 11.3 Å². The van der Waals surface area contributed by atoms with E-state index in [0.29, 0.717) is 10.2 Å². The molecule has 0 amide bonds. The molecule has 5 rings (SSSR count). The summed E-state index contributed by atoms with van der Waals surface area (Å²) in [6, 6.07) is 8.40. The number of fused-ring (bicyclic) bond motifs is 5. The lowest BCUT2D eigenvalue weighted by molar-refractivity contribution is -0.893. The van der Waals surface area contributed by atoms with Gasteiger partial charge in [0.2, 0.25) is 11.4 Å². The second-order valence-electron chi connectivity index (χ2n) is 9.21. The highest BCUT2D eigenvalue weighted by Gasteiger charge is 2.57. The summed E-state index contributed by atoms with van der Waals surface area (Å²) in [5.41, 5.74) is 6.42. The Hall–Kier alpha value is -2.63. The molecule has 1 unspecified atom stereocenters. The van der Waals surface area contributed by atoms with Gasteiger partial charge in [0.05, 0.1) is 31.9 Å².